The van der Waals surface area contributed by atoms with Gasteiger partial charge in [-0.05, 0) is 36.5 Å². The van der Waals surface area contributed by atoms with E-state index in [1.54, 1.807) is 18.3 Å². The second kappa shape index (κ2) is 8.43. The predicted molar refractivity (Wildman–Crippen MR) is 124 cm³/mol. The third-order valence-electron chi connectivity index (χ3n) is 5.36. The maximum Gasteiger partial charge on any atom is 0.323 e. The van der Waals surface area contributed by atoms with Gasteiger partial charge in [-0.15, -0.1) is 0 Å². The van der Waals surface area contributed by atoms with Gasteiger partial charge in [-0.3, -0.25) is 23.7 Å². The molecule has 0 aromatic carbocycles. The maximum atomic E-state index is 13.4. The highest BCUT2D eigenvalue weighted by atomic mass is 32.2. The van der Waals surface area contributed by atoms with Gasteiger partial charge in [0.05, 0.1) is 10.5 Å². The molecule has 1 amide bonds. The Balaban J connectivity index is 1.85. The lowest BCUT2D eigenvalue weighted by molar-refractivity contribution is -0.140. The summed E-state index contributed by atoms with van der Waals surface area (Å²) in [6.45, 7) is 5.37. The molecule has 2 saturated heterocycles. The number of pyridine rings is 1. The molecular formula is C21H22N4O4S2. The molecule has 8 nitrogen and oxygen atoms in total. The number of nitrogens with zero attached hydrogens (tertiary/aromatic N) is 4. The topological polar surface area (TPSA) is 95.2 Å². The highest BCUT2D eigenvalue weighted by Crippen LogP contribution is 2.34. The van der Waals surface area contributed by atoms with Gasteiger partial charge in [-0.25, -0.2) is 4.98 Å². The second-order valence-corrected chi connectivity index (χ2v) is 9.77. The molecule has 0 spiro atoms. The van der Waals surface area contributed by atoms with Crippen molar-refractivity contribution in [3.8, 4) is 0 Å². The number of piperidine rings is 1. The van der Waals surface area contributed by atoms with Gasteiger partial charge in [0.2, 0.25) is 0 Å². The van der Waals surface area contributed by atoms with Crippen LogP contribution in [0.5, 0.6) is 0 Å². The quantitative estimate of drug-likeness (QED) is 0.552. The number of aromatic nitrogens is 2. The van der Waals surface area contributed by atoms with Crippen LogP contribution in [0, 0.1) is 11.8 Å². The average molecular weight is 459 g/mol. The highest BCUT2D eigenvalue weighted by Gasteiger charge is 2.34. The van der Waals surface area contributed by atoms with Gasteiger partial charge in [0, 0.05) is 19.3 Å². The first-order valence-electron chi connectivity index (χ1n) is 9.98. The summed E-state index contributed by atoms with van der Waals surface area (Å²) in [4.78, 5) is 45.4. The third kappa shape index (κ3) is 4.22. The van der Waals surface area contributed by atoms with E-state index in [2.05, 4.69) is 18.7 Å². The standard InChI is InChI=1S/C21H22N4O4S2/c1-12-7-13(2)10-23(9-12)18-14(19(28)24-6-4-3-5-16(24)22-18)8-15-20(29)25(11-17(26)27)21(30)31-15/h3-6,8,12-13H,7,9-11H2,1-2H3,(H,26,27). The molecule has 2 aromatic heterocycles. The lowest BCUT2D eigenvalue weighted by Gasteiger charge is -2.36. The number of thioether (sulfide) groups is 1. The van der Waals surface area contributed by atoms with E-state index >= 15 is 0 Å². The molecular weight excluding hydrogens is 436 g/mol. The van der Waals surface area contributed by atoms with Crippen molar-refractivity contribution in [1.29, 1.82) is 0 Å². The number of rotatable bonds is 4. The summed E-state index contributed by atoms with van der Waals surface area (Å²) in [5.41, 5.74) is 0.555. The Morgan fingerprint density at radius 3 is 2.68 bits per heavy atom. The molecule has 4 heterocycles. The number of carboxylic acid groups (broad SMARTS) is 1. The average Bonchev–Trinajstić information content (AvgIpc) is 2.96. The molecule has 0 aliphatic carbocycles. The SMILES string of the molecule is CC1CC(C)CN(c2nc3ccccn3c(=O)c2C=C2SC(=S)N(CC(=O)O)C2=O)C1. The summed E-state index contributed by atoms with van der Waals surface area (Å²) in [6.07, 6.45) is 4.25. The van der Waals surface area contributed by atoms with Crippen molar-refractivity contribution >= 4 is 57.7 Å². The largest absolute Gasteiger partial charge is 0.480 e. The van der Waals surface area contributed by atoms with Gasteiger partial charge in [-0.2, -0.15) is 0 Å². The van der Waals surface area contributed by atoms with Crippen LogP contribution in [0.15, 0.2) is 34.1 Å². The molecule has 2 aliphatic rings. The molecule has 10 heteroatoms. The molecule has 2 aliphatic heterocycles. The fraction of sp³-hybridized carbons (Fsp3) is 0.381. The third-order valence-corrected chi connectivity index (χ3v) is 6.74. The van der Waals surface area contributed by atoms with Crippen LogP contribution in [-0.2, 0) is 9.59 Å². The van der Waals surface area contributed by atoms with Crippen molar-refractivity contribution in [2.45, 2.75) is 20.3 Å². The molecule has 1 N–H and O–H groups in total. The number of aliphatic carboxylic acids is 1. The van der Waals surface area contributed by atoms with Crippen molar-refractivity contribution in [3.05, 3.63) is 45.2 Å². The van der Waals surface area contributed by atoms with Gasteiger partial charge < -0.3 is 10.0 Å². The maximum absolute atomic E-state index is 13.4. The number of amides is 1. The number of hydrogen-bond acceptors (Lipinski definition) is 7. The summed E-state index contributed by atoms with van der Waals surface area (Å²) in [5.74, 6) is -0.232. The first-order chi connectivity index (χ1) is 14.7. The van der Waals surface area contributed by atoms with Crippen LogP contribution in [0.25, 0.3) is 11.7 Å². The molecule has 0 bridgehead atoms. The lowest BCUT2D eigenvalue weighted by Crippen LogP contribution is -2.40. The molecule has 2 unspecified atom stereocenters. The molecule has 2 atom stereocenters. The zero-order valence-electron chi connectivity index (χ0n) is 17.1. The Hall–Kier alpha value is -2.72. The van der Waals surface area contributed by atoms with Crippen LogP contribution in [0.2, 0.25) is 0 Å². The number of thiocarbonyl (C=S) groups is 1. The molecule has 2 aromatic rings. The highest BCUT2D eigenvalue weighted by molar-refractivity contribution is 8.26. The fourth-order valence-corrected chi connectivity index (χ4v) is 5.43. The normalized spacial score (nSPS) is 23.2. The summed E-state index contributed by atoms with van der Waals surface area (Å²) in [7, 11) is 0. The van der Waals surface area contributed by atoms with Crippen LogP contribution >= 0.6 is 24.0 Å². The van der Waals surface area contributed by atoms with E-state index in [1.807, 2.05) is 6.07 Å². The minimum absolute atomic E-state index is 0.161. The van der Waals surface area contributed by atoms with E-state index < -0.39 is 18.4 Å². The van der Waals surface area contributed by atoms with Crippen molar-refractivity contribution in [1.82, 2.24) is 14.3 Å². The number of carbonyl (C=O) groups is 2. The zero-order valence-corrected chi connectivity index (χ0v) is 18.8. The number of hydrogen-bond donors (Lipinski definition) is 1. The van der Waals surface area contributed by atoms with E-state index in [-0.39, 0.29) is 14.8 Å². The van der Waals surface area contributed by atoms with Crippen molar-refractivity contribution in [2.75, 3.05) is 24.5 Å². The molecule has 4 rings (SSSR count). The van der Waals surface area contributed by atoms with Gasteiger partial charge in [0.25, 0.3) is 11.5 Å². The number of carbonyl (C=O) groups excluding carboxylic acids is 1. The molecule has 0 radical (unpaired) electrons. The van der Waals surface area contributed by atoms with Crippen LogP contribution in [0.3, 0.4) is 0 Å². The monoisotopic (exact) mass is 458 g/mol. The predicted octanol–water partition coefficient (Wildman–Crippen LogP) is 2.46. The van der Waals surface area contributed by atoms with E-state index in [9.17, 15) is 14.4 Å². The summed E-state index contributed by atoms with van der Waals surface area (Å²) >= 11 is 6.18. The fourth-order valence-electron chi connectivity index (χ4n) is 4.20. The number of anilines is 1. The van der Waals surface area contributed by atoms with Gasteiger partial charge in [0.1, 0.15) is 22.3 Å². The first kappa shape index (κ1) is 21.5. The zero-order chi connectivity index (χ0) is 22.3. The minimum Gasteiger partial charge on any atom is -0.480 e. The molecule has 2 fully saturated rings. The van der Waals surface area contributed by atoms with Gasteiger partial charge in [0.15, 0.2) is 0 Å². The van der Waals surface area contributed by atoms with Crippen LogP contribution < -0.4 is 10.5 Å². The van der Waals surface area contributed by atoms with Crippen LogP contribution in [0.4, 0.5) is 5.82 Å². The van der Waals surface area contributed by atoms with Gasteiger partial charge in [-0.1, -0.05) is 43.9 Å². The Morgan fingerprint density at radius 1 is 1.29 bits per heavy atom. The van der Waals surface area contributed by atoms with Crippen LogP contribution in [-0.4, -0.2) is 55.2 Å². The van der Waals surface area contributed by atoms with Crippen molar-refractivity contribution < 1.29 is 14.7 Å². The van der Waals surface area contributed by atoms with Crippen molar-refractivity contribution in [3.63, 3.8) is 0 Å². The Kier molecular flexibility index (Phi) is 5.85. The Bertz CT molecular complexity index is 1170. The Labute approximate surface area is 188 Å². The van der Waals surface area contributed by atoms with Gasteiger partial charge >= 0.3 is 5.97 Å². The first-order valence-corrected chi connectivity index (χ1v) is 11.2. The minimum atomic E-state index is -1.15. The van der Waals surface area contributed by atoms with Crippen molar-refractivity contribution in [2.24, 2.45) is 11.8 Å². The van der Waals surface area contributed by atoms with E-state index in [4.69, 9.17) is 22.3 Å². The second-order valence-electron chi connectivity index (χ2n) is 8.10. The summed E-state index contributed by atoms with van der Waals surface area (Å²) in [6, 6.07) is 5.35. The van der Waals surface area contributed by atoms with E-state index in [0.29, 0.717) is 28.9 Å². The number of fused-ring (bicyclic) bond motifs is 1. The van der Waals surface area contributed by atoms with E-state index in [1.165, 1.54) is 10.5 Å². The van der Waals surface area contributed by atoms with E-state index in [0.717, 1.165) is 36.2 Å². The van der Waals surface area contributed by atoms with Crippen LogP contribution in [0.1, 0.15) is 25.8 Å². The number of carboxylic acids is 1. The molecule has 0 saturated carbocycles. The lowest BCUT2D eigenvalue weighted by atomic mass is 9.91. The smallest absolute Gasteiger partial charge is 0.323 e. The summed E-state index contributed by atoms with van der Waals surface area (Å²) in [5, 5.41) is 9.06. The molecule has 162 valence electrons. The summed E-state index contributed by atoms with van der Waals surface area (Å²) < 4.78 is 1.61. The molecule has 31 heavy (non-hydrogen) atoms. The Morgan fingerprint density at radius 2 is 2.00 bits per heavy atom.